The third kappa shape index (κ3) is 4.23. The van der Waals surface area contributed by atoms with Gasteiger partial charge >= 0.3 is 0 Å². The van der Waals surface area contributed by atoms with Gasteiger partial charge in [0.05, 0.1) is 6.26 Å². The maximum absolute atomic E-state index is 11.8. The number of hydrogen-bond acceptors (Lipinski definition) is 3. The standard InChI is InChI=1S/C13H21NO3/c1-10-5-8-17-11(10)12(16)14-9-13(2,3)6-4-7-15/h5,8,15H,4,6-7,9H2,1-3H3,(H,14,16). The summed E-state index contributed by atoms with van der Waals surface area (Å²) in [5, 5.41) is 11.7. The topological polar surface area (TPSA) is 62.5 Å². The molecule has 0 unspecified atom stereocenters. The van der Waals surface area contributed by atoms with Crippen LogP contribution in [-0.2, 0) is 0 Å². The molecule has 0 bridgehead atoms. The Labute approximate surface area is 102 Å². The molecule has 0 aliphatic rings. The number of carbonyl (C=O) groups is 1. The van der Waals surface area contributed by atoms with Crippen LogP contribution in [0.15, 0.2) is 16.7 Å². The van der Waals surface area contributed by atoms with Gasteiger partial charge in [-0.25, -0.2) is 0 Å². The maximum Gasteiger partial charge on any atom is 0.287 e. The van der Waals surface area contributed by atoms with Crippen molar-refractivity contribution in [3.05, 3.63) is 23.7 Å². The molecule has 1 aromatic rings. The Morgan fingerprint density at radius 3 is 2.76 bits per heavy atom. The van der Waals surface area contributed by atoms with Crippen molar-refractivity contribution in [2.45, 2.75) is 33.6 Å². The first-order chi connectivity index (χ1) is 7.96. The summed E-state index contributed by atoms with van der Waals surface area (Å²) in [5.41, 5.74) is 0.828. The molecule has 0 atom stereocenters. The molecular formula is C13H21NO3. The molecular weight excluding hydrogens is 218 g/mol. The Hall–Kier alpha value is -1.29. The van der Waals surface area contributed by atoms with E-state index in [9.17, 15) is 4.79 Å². The van der Waals surface area contributed by atoms with E-state index < -0.39 is 0 Å². The van der Waals surface area contributed by atoms with Crippen LogP contribution in [0.5, 0.6) is 0 Å². The van der Waals surface area contributed by atoms with E-state index in [0.717, 1.165) is 18.4 Å². The van der Waals surface area contributed by atoms with Gasteiger partial charge in [-0.3, -0.25) is 4.79 Å². The van der Waals surface area contributed by atoms with Crippen molar-refractivity contribution in [3.8, 4) is 0 Å². The highest BCUT2D eigenvalue weighted by Crippen LogP contribution is 2.21. The molecule has 1 rings (SSSR count). The molecule has 1 aromatic heterocycles. The van der Waals surface area contributed by atoms with Crippen LogP contribution in [0.1, 0.15) is 42.8 Å². The third-order valence-corrected chi connectivity index (χ3v) is 2.81. The molecule has 0 aliphatic heterocycles. The van der Waals surface area contributed by atoms with E-state index in [0.29, 0.717) is 12.3 Å². The molecule has 0 radical (unpaired) electrons. The molecule has 17 heavy (non-hydrogen) atoms. The summed E-state index contributed by atoms with van der Waals surface area (Å²) in [6.07, 6.45) is 3.14. The third-order valence-electron chi connectivity index (χ3n) is 2.81. The first-order valence-corrected chi connectivity index (χ1v) is 5.89. The first kappa shape index (κ1) is 13.8. The van der Waals surface area contributed by atoms with E-state index in [2.05, 4.69) is 19.2 Å². The molecule has 4 nitrogen and oxygen atoms in total. The molecule has 0 saturated heterocycles. The highest BCUT2D eigenvalue weighted by atomic mass is 16.3. The Balaban J connectivity index is 2.45. The molecule has 2 N–H and O–H groups in total. The fourth-order valence-electron chi connectivity index (χ4n) is 1.65. The lowest BCUT2D eigenvalue weighted by Gasteiger charge is -2.24. The zero-order valence-corrected chi connectivity index (χ0v) is 10.7. The normalized spacial score (nSPS) is 11.5. The van der Waals surface area contributed by atoms with Crippen molar-refractivity contribution >= 4 is 5.91 Å². The van der Waals surface area contributed by atoms with Crippen LogP contribution in [0.25, 0.3) is 0 Å². The summed E-state index contributed by atoms with van der Waals surface area (Å²) in [5.74, 6) is 0.201. The van der Waals surface area contributed by atoms with Crippen molar-refractivity contribution in [2.24, 2.45) is 5.41 Å². The molecule has 0 saturated carbocycles. The van der Waals surface area contributed by atoms with Gasteiger partial charge in [0.2, 0.25) is 0 Å². The SMILES string of the molecule is Cc1ccoc1C(=O)NCC(C)(C)CCCO. The number of carbonyl (C=O) groups excluding carboxylic acids is 1. The lowest BCUT2D eigenvalue weighted by Crippen LogP contribution is -2.34. The Bertz CT molecular complexity index is 368. The van der Waals surface area contributed by atoms with Gasteiger partial charge in [-0.1, -0.05) is 13.8 Å². The van der Waals surface area contributed by atoms with Crippen LogP contribution >= 0.6 is 0 Å². The van der Waals surface area contributed by atoms with Crippen molar-refractivity contribution in [3.63, 3.8) is 0 Å². The lowest BCUT2D eigenvalue weighted by molar-refractivity contribution is 0.0904. The number of amides is 1. The lowest BCUT2D eigenvalue weighted by atomic mass is 9.88. The smallest absolute Gasteiger partial charge is 0.287 e. The van der Waals surface area contributed by atoms with Crippen molar-refractivity contribution in [2.75, 3.05) is 13.2 Å². The van der Waals surface area contributed by atoms with Crippen LogP contribution in [0.2, 0.25) is 0 Å². The molecule has 0 spiro atoms. The van der Waals surface area contributed by atoms with Crippen LogP contribution in [-0.4, -0.2) is 24.2 Å². The molecule has 1 amide bonds. The molecule has 0 aromatic carbocycles. The highest BCUT2D eigenvalue weighted by Gasteiger charge is 2.20. The Kier molecular flexibility index (Phi) is 4.75. The second-order valence-corrected chi connectivity index (χ2v) is 5.11. The number of aliphatic hydroxyl groups excluding tert-OH is 1. The minimum Gasteiger partial charge on any atom is -0.459 e. The fourth-order valence-corrected chi connectivity index (χ4v) is 1.65. The van der Waals surface area contributed by atoms with Gasteiger partial charge < -0.3 is 14.8 Å². The summed E-state index contributed by atoms with van der Waals surface area (Å²) < 4.78 is 5.12. The largest absolute Gasteiger partial charge is 0.459 e. The van der Waals surface area contributed by atoms with Gasteiger partial charge in [0.15, 0.2) is 5.76 Å². The second-order valence-electron chi connectivity index (χ2n) is 5.11. The summed E-state index contributed by atoms with van der Waals surface area (Å²) >= 11 is 0. The summed E-state index contributed by atoms with van der Waals surface area (Å²) in [6.45, 7) is 6.74. The van der Waals surface area contributed by atoms with Crippen molar-refractivity contribution < 1.29 is 14.3 Å². The van der Waals surface area contributed by atoms with E-state index in [1.54, 1.807) is 6.07 Å². The molecule has 0 fully saturated rings. The van der Waals surface area contributed by atoms with Gasteiger partial charge in [-0.15, -0.1) is 0 Å². The van der Waals surface area contributed by atoms with Crippen molar-refractivity contribution in [1.82, 2.24) is 5.32 Å². The van der Waals surface area contributed by atoms with Crippen LogP contribution in [0.3, 0.4) is 0 Å². The van der Waals surface area contributed by atoms with E-state index in [1.807, 2.05) is 6.92 Å². The minimum atomic E-state index is -0.176. The number of nitrogens with one attached hydrogen (secondary N) is 1. The van der Waals surface area contributed by atoms with Gasteiger partial charge in [0.1, 0.15) is 0 Å². The molecule has 96 valence electrons. The Morgan fingerprint density at radius 2 is 2.24 bits per heavy atom. The zero-order valence-electron chi connectivity index (χ0n) is 10.7. The second kappa shape index (κ2) is 5.87. The number of hydrogen-bond donors (Lipinski definition) is 2. The monoisotopic (exact) mass is 239 g/mol. The molecule has 1 heterocycles. The van der Waals surface area contributed by atoms with Gasteiger partial charge in [-0.05, 0) is 31.2 Å². The van der Waals surface area contributed by atoms with Crippen LogP contribution in [0.4, 0.5) is 0 Å². The van der Waals surface area contributed by atoms with Crippen molar-refractivity contribution in [1.29, 1.82) is 0 Å². The number of aryl methyl sites for hydroxylation is 1. The van der Waals surface area contributed by atoms with E-state index in [4.69, 9.17) is 9.52 Å². The average Bonchev–Trinajstić information content (AvgIpc) is 2.70. The summed E-state index contributed by atoms with van der Waals surface area (Å²) in [7, 11) is 0. The quantitative estimate of drug-likeness (QED) is 0.799. The first-order valence-electron chi connectivity index (χ1n) is 5.89. The highest BCUT2D eigenvalue weighted by molar-refractivity contribution is 5.92. The Morgan fingerprint density at radius 1 is 1.53 bits per heavy atom. The van der Waals surface area contributed by atoms with Gasteiger partial charge in [0, 0.05) is 18.7 Å². The molecule has 4 heteroatoms. The van der Waals surface area contributed by atoms with E-state index >= 15 is 0 Å². The molecule has 0 aliphatic carbocycles. The van der Waals surface area contributed by atoms with Crippen LogP contribution < -0.4 is 5.32 Å². The van der Waals surface area contributed by atoms with Gasteiger partial charge in [-0.2, -0.15) is 0 Å². The zero-order chi connectivity index (χ0) is 12.9. The van der Waals surface area contributed by atoms with Gasteiger partial charge in [0.25, 0.3) is 5.91 Å². The predicted octanol–water partition coefficient (Wildman–Crippen LogP) is 2.12. The average molecular weight is 239 g/mol. The number of furan rings is 1. The van der Waals surface area contributed by atoms with E-state index in [1.165, 1.54) is 6.26 Å². The number of rotatable bonds is 6. The fraction of sp³-hybridized carbons (Fsp3) is 0.615. The maximum atomic E-state index is 11.8. The number of aliphatic hydroxyl groups is 1. The summed E-state index contributed by atoms with van der Waals surface area (Å²) in [4.78, 5) is 11.8. The predicted molar refractivity (Wildman–Crippen MR) is 65.9 cm³/mol. The van der Waals surface area contributed by atoms with Crippen LogP contribution in [0, 0.1) is 12.3 Å². The van der Waals surface area contributed by atoms with E-state index in [-0.39, 0.29) is 17.9 Å². The minimum absolute atomic E-state index is 0.0150. The summed E-state index contributed by atoms with van der Waals surface area (Å²) in [6, 6.07) is 1.77.